The molecule has 0 amide bonds. The quantitative estimate of drug-likeness (QED) is 0.299. The molecule has 2 aromatic carbocycles. The lowest BCUT2D eigenvalue weighted by Crippen LogP contribution is -2.53. The van der Waals surface area contributed by atoms with Gasteiger partial charge in [0.1, 0.15) is 17.9 Å². The van der Waals surface area contributed by atoms with Crippen LogP contribution in [0.4, 0.5) is 17.4 Å². The van der Waals surface area contributed by atoms with Crippen molar-refractivity contribution < 1.29 is 22.1 Å². The first-order chi connectivity index (χ1) is 14.7. The van der Waals surface area contributed by atoms with Gasteiger partial charge in [0.15, 0.2) is 0 Å². The number of fused-ring (bicyclic) bond motifs is 3. The molecule has 3 aromatic rings. The molecule has 1 aliphatic rings. The van der Waals surface area contributed by atoms with Gasteiger partial charge in [0.25, 0.3) is 0 Å². The summed E-state index contributed by atoms with van der Waals surface area (Å²) in [6.45, 7) is -1.23. The Morgan fingerprint density at radius 1 is 1.06 bits per heavy atom. The monoisotopic (exact) mass is 431 g/mol. The lowest BCUT2D eigenvalue weighted by Gasteiger charge is -2.34. The van der Waals surface area contributed by atoms with E-state index in [1.54, 1.807) is 37.3 Å². The fourth-order valence-electron chi connectivity index (χ4n) is 4.37. The minimum absolute atomic E-state index is 0.0484. The van der Waals surface area contributed by atoms with Crippen LogP contribution in [0.5, 0.6) is 5.75 Å². The van der Waals surface area contributed by atoms with Crippen molar-refractivity contribution in [2.24, 2.45) is 0 Å². The van der Waals surface area contributed by atoms with Crippen LogP contribution in [0.1, 0.15) is 30.2 Å². The summed E-state index contributed by atoms with van der Waals surface area (Å²) in [7, 11) is 1.47. The largest absolute Gasteiger partial charge is 0.498 e. The normalized spacial score (nSPS) is 14.2. The smallest absolute Gasteiger partial charge is 0.497 e. The molecule has 0 fully saturated rings. The number of nitrogens with zero attached hydrogens (tertiary/aromatic N) is 1. The van der Waals surface area contributed by atoms with Crippen LogP contribution in [0, 0.1) is 12.7 Å². The molecule has 0 saturated heterocycles. The number of aromatic nitrogens is 1. The van der Waals surface area contributed by atoms with E-state index in [0.717, 1.165) is 15.6 Å². The topological polar surface area (TPSA) is 26.2 Å². The standard InChI is InChI=1S/C23H24BF4N2O/c1-4-22(26)29-24(27,28)30-14(2)11-17-6-5-16-12-15(7-9-20(16)23(17)30)19-10-8-18(31-3)13-21(19)25/h7-13,22,29H,4-6H2,1-3H3/q-1. The number of aryl methyl sites for hydroxylation is 3. The van der Waals surface area contributed by atoms with Crippen LogP contribution < -0.4 is 9.96 Å². The van der Waals surface area contributed by atoms with Gasteiger partial charge in [-0.25, -0.2) is 8.78 Å². The minimum Gasteiger partial charge on any atom is -0.497 e. The highest BCUT2D eigenvalue weighted by molar-refractivity contribution is 6.62. The van der Waals surface area contributed by atoms with Gasteiger partial charge in [0.2, 0.25) is 0 Å². The average Bonchev–Trinajstić information content (AvgIpc) is 3.09. The predicted molar refractivity (Wildman–Crippen MR) is 116 cm³/mol. The number of hydrogen-bond donors (Lipinski definition) is 1. The molecule has 0 aliphatic heterocycles. The van der Waals surface area contributed by atoms with Crippen molar-refractivity contribution in [3.63, 3.8) is 0 Å². The number of ether oxygens (including phenoxy) is 1. The Bertz CT molecular complexity index is 1130. The third kappa shape index (κ3) is 3.85. The molecular formula is C23H24BF4N2O-. The van der Waals surface area contributed by atoms with Crippen molar-refractivity contribution in [3.05, 3.63) is 65.1 Å². The second-order valence-electron chi connectivity index (χ2n) is 7.91. The molecule has 1 N–H and O–H groups in total. The Balaban J connectivity index is 1.79. The summed E-state index contributed by atoms with van der Waals surface area (Å²) in [6.07, 6.45) is -0.600. The highest BCUT2D eigenvalue weighted by Crippen LogP contribution is 2.40. The molecule has 0 spiro atoms. The first-order valence-electron chi connectivity index (χ1n) is 10.4. The summed E-state index contributed by atoms with van der Waals surface area (Å²) in [5.41, 5.74) is 4.21. The molecule has 1 aromatic heterocycles. The molecule has 4 rings (SSSR count). The highest BCUT2D eigenvalue weighted by Gasteiger charge is 2.35. The molecular weight excluding hydrogens is 407 g/mol. The maximum atomic E-state index is 15.1. The summed E-state index contributed by atoms with van der Waals surface area (Å²) in [6, 6.07) is 11.7. The van der Waals surface area contributed by atoms with E-state index in [1.165, 1.54) is 20.1 Å². The Labute approximate surface area is 179 Å². The van der Waals surface area contributed by atoms with E-state index in [0.29, 0.717) is 46.7 Å². The number of rotatable bonds is 6. The Kier molecular flexibility index (Phi) is 5.60. The number of methoxy groups -OCH3 is 1. The van der Waals surface area contributed by atoms with Crippen LogP contribution in [-0.4, -0.2) is 24.9 Å². The Morgan fingerprint density at radius 3 is 2.45 bits per heavy atom. The van der Waals surface area contributed by atoms with Crippen molar-refractivity contribution in [1.82, 2.24) is 9.71 Å². The van der Waals surface area contributed by atoms with Crippen molar-refractivity contribution in [3.8, 4) is 28.1 Å². The lowest BCUT2D eigenvalue weighted by atomic mass is 9.86. The van der Waals surface area contributed by atoms with Crippen molar-refractivity contribution in [2.75, 3.05) is 7.11 Å². The lowest BCUT2D eigenvalue weighted by molar-refractivity contribution is 0.281. The van der Waals surface area contributed by atoms with E-state index in [9.17, 15) is 8.78 Å². The molecule has 164 valence electrons. The second kappa shape index (κ2) is 8.07. The minimum atomic E-state index is -4.35. The summed E-state index contributed by atoms with van der Waals surface area (Å²) in [4.78, 5) is 0. The van der Waals surface area contributed by atoms with Crippen LogP contribution in [0.15, 0.2) is 42.5 Å². The van der Waals surface area contributed by atoms with Crippen LogP contribution in [-0.2, 0) is 12.8 Å². The first kappa shape index (κ1) is 21.5. The Morgan fingerprint density at radius 2 is 1.77 bits per heavy atom. The third-order valence-corrected chi connectivity index (χ3v) is 5.88. The van der Waals surface area contributed by atoms with E-state index in [-0.39, 0.29) is 6.42 Å². The SMILES string of the molecule is CCC(F)N[B-](F)(F)n1c(C)cc2c1-c1ccc(-c3ccc(OC)cc3F)cc1CC2. The summed E-state index contributed by atoms with van der Waals surface area (Å²) in [5.74, 6) is 0.00926. The van der Waals surface area contributed by atoms with Crippen LogP contribution in [0.3, 0.4) is 0 Å². The molecule has 0 saturated carbocycles. The number of halogens is 4. The summed E-state index contributed by atoms with van der Waals surface area (Å²) < 4.78 is 64.4. The van der Waals surface area contributed by atoms with Crippen LogP contribution in [0.25, 0.3) is 22.4 Å². The van der Waals surface area contributed by atoms with E-state index < -0.39 is 19.1 Å². The number of nitrogens with one attached hydrogen (secondary N) is 1. The van der Waals surface area contributed by atoms with Gasteiger partial charge < -0.3 is 23.1 Å². The van der Waals surface area contributed by atoms with E-state index >= 15 is 8.63 Å². The Hall–Kier alpha value is -2.74. The molecule has 3 nitrogen and oxygen atoms in total. The van der Waals surface area contributed by atoms with Gasteiger partial charge in [-0.15, -0.1) is 0 Å². The second-order valence-corrected chi connectivity index (χ2v) is 7.91. The average molecular weight is 431 g/mol. The van der Waals surface area contributed by atoms with Gasteiger partial charge in [-0.3, -0.25) is 0 Å². The third-order valence-electron chi connectivity index (χ3n) is 5.88. The van der Waals surface area contributed by atoms with Gasteiger partial charge in [0.05, 0.1) is 7.11 Å². The number of hydrogen-bond acceptors (Lipinski definition) is 2. The maximum absolute atomic E-state index is 15.1. The fraction of sp³-hybridized carbons (Fsp3) is 0.304. The molecule has 8 heteroatoms. The zero-order chi connectivity index (χ0) is 22.3. The van der Waals surface area contributed by atoms with Gasteiger partial charge in [-0.2, -0.15) is 0 Å². The van der Waals surface area contributed by atoms with Crippen molar-refractivity contribution in [1.29, 1.82) is 0 Å². The zero-order valence-corrected chi connectivity index (χ0v) is 17.7. The van der Waals surface area contributed by atoms with Gasteiger partial charge in [0, 0.05) is 17.3 Å². The predicted octanol–water partition coefficient (Wildman–Crippen LogP) is 5.89. The zero-order valence-electron chi connectivity index (χ0n) is 17.7. The van der Waals surface area contributed by atoms with E-state index in [4.69, 9.17) is 4.74 Å². The van der Waals surface area contributed by atoms with Gasteiger partial charge in [-0.05, 0) is 72.3 Å². The maximum Gasteiger partial charge on any atom is 0.498 e. The first-order valence-corrected chi connectivity index (χ1v) is 10.4. The highest BCUT2D eigenvalue weighted by atomic mass is 19.2. The summed E-state index contributed by atoms with van der Waals surface area (Å²) >= 11 is 0. The number of benzene rings is 2. The van der Waals surface area contributed by atoms with Gasteiger partial charge >= 0.3 is 6.97 Å². The van der Waals surface area contributed by atoms with E-state index in [2.05, 4.69) is 0 Å². The fourth-order valence-corrected chi connectivity index (χ4v) is 4.37. The summed E-state index contributed by atoms with van der Waals surface area (Å²) in [5, 5.41) is 1.85. The molecule has 0 bridgehead atoms. The number of alkyl halides is 1. The van der Waals surface area contributed by atoms with E-state index in [1.807, 2.05) is 11.3 Å². The molecule has 1 unspecified atom stereocenters. The van der Waals surface area contributed by atoms with Crippen molar-refractivity contribution in [2.45, 2.75) is 39.4 Å². The van der Waals surface area contributed by atoms with Crippen molar-refractivity contribution >= 4 is 6.97 Å². The van der Waals surface area contributed by atoms with Gasteiger partial charge in [-0.1, -0.05) is 25.1 Å². The molecule has 1 heterocycles. The molecule has 1 atom stereocenters. The molecule has 31 heavy (non-hydrogen) atoms. The van der Waals surface area contributed by atoms with Crippen LogP contribution in [0.2, 0.25) is 0 Å². The molecule has 1 aliphatic carbocycles. The molecule has 0 radical (unpaired) electrons. The van der Waals surface area contributed by atoms with Crippen LogP contribution >= 0.6 is 0 Å².